The molecule has 21 heavy (non-hydrogen) atoms. The van der Waals surface area contributed by atoms with Crippen molar-refractivity contribution in [3.8, 4) is 0 Å². The molecule has 3 nitrogen and oxygen atoms in total. The molecule has 3 aliphatic carbocycles. The number of hydrogen-bond donors (Lipinski definition) is 2. The monoisotopic (exact) mass is 279 g/mol. The van der Waals surface area contributed by atoms with Crippen molar-refractivity contribution < 1.29 is 0 Å². The minimum absolute atomic E-state index is 0.266. The molecule has 3 fully saturated rings. The van der Waals surface area contributed by atoms with E-state index in [1.165, 1.54) is 35.6 Å². The average molecular weight is 279 g/mol. The van der Waals surface area contributed by atoms with Gasteiger partial charge in [0.25, 0.3) is 0 Å². The number of hydrogen-bond acceptors (Lipinski definition) is 3. The molecular formula is C18H21N3. The van der Waals surface area contributed by atoms with Crippen molar-refractivity contribution in [2.24, 2.45) is 35.4 Å². The molecule has 0 amide bonds. The van der Waals surface area contributed by atoms with Crippen molar-refractivity contribution in [1.29, 1.82) is 0 Å². The van der Waals surface area contributed by atoms with Crippen LogP contribution in [0.25, 0.3) is 10.8 Å². The van der Waals surface area contributed by atoms with Crippen molar-refractivity contribution in [3.05, 3.63) is 42.2 Å². The summed E-state index contributed by atoms with van der Waals surface area (Å²) in [4.78, 5) is 4.44. The Morgan fingerprint density at radius 3 is 2.62 bits per heavy atom. The highest BCUT2D eigenvalue weighted by Gasteiger charge is 2.66. The van der Waals surface area contributed by atoms with Crippen LogP contribution in [0.3, 0.4) is 0 Å². The fourth-order valence-corrected chi connectivity index (χ4v) is 5.63. The predicted octanol–water partition coefficient (Wildman–Crippen LogP) is 3.03. The summed E-state index contributed by atoms with van der Waals surface area (Å²) in [5.41, 5.74) is 4.42. The number of nitrogens with one attached hydrogen (secondary N) is 1. The van der Waals surface area contributed by atoms with Gasteiger partial charge < -0.3 is 0 Å². The number of fused-ring (bicyclic) bond motifs is 6. The van der Waals surface area contributed by atoms with Crippen LogP contribution in [-0.4, -0.2) is 4.98 Å². The third-order valence-corrected chi connectivity index (χ3v) is 6.39. The van der Waals surface area contributed by atoms with Crippen LogP contribution in [0.1, 0.15) is 30.9 Å². The van der Waals surface area contributed by atoms with Gasteiger partial charge in [-0.15, -0.1) is 0 Å². The van der Waals surface area contributed by atoms with E-state index in [0.29, 0.717) is 0 Å². The molecule has 1 aromatic heterocycles. The van der Waals surface area contributed by atoms with E-state index in [2.05, 4.69) is 34.7 Å². The molecule has 3 aliphatic rings. The van der Waals surface area contributed by atoms with Gasteiger partial charge in [-0.2, -0.15) is 0 Å². The van der Waals surface area contributed by atoms with Crippen LogP contribution in [0.2, 0.25) is 0 Å². The predicted molar refractivity (Wildman–Crippen MR) is 83.1 cm³/mol. The SMILES string of the molecule is NNC(c1cncc2ccccc12)C1C2C3CCC(C3)C21. The second-order valence-corrected chi connectivity index (χ2v) is 7.16. The highest BCUT2D eigenvalue weighted by atomic mass is 15.2. The Kier molecular flexibility index (Phi) is 2.47. The fraction of sp³-hybridized carbons (Fsp3) is 0.500. The molecule has 2 bridgehead atoms. The zero-order chi connectivity index (χ0) is 14.0. The van der Waals surface area contributed by atoms with Gasteiger partial charge in [0.15, 0.2) is 0 Å². The summed E-state index contributed by atoms with van der Waals surface area (Å²) in [7, 11) is 0. The minimum Gasteiger partial charge on any atom is -0.271 e. The second-order valence-electron chi connectivity index (χ2n) is 7.16. The highest BCUT2D eigenvalue weighted by Crippen LogP contribution is 2.72. The molecule has 0 saturated heterocycles. The lowest BCUT2D eigenvalue weighted by molar-refractivity contribution is 0.375. The third-order valence-electron chi connectivity index (χ3n) is 6.39. The maximum atomic E-state index is 5.97. The van der Waals surface area contributed by atoms with E-state index in [4.69, 9.17) is 5.84 Å². The van der Waals surface area contributed by atoms with Gasteiger partial charge in [0.2, 0.25) is 0 Å². The number of nitrogens with zero attached hydrogens (tertiary/aromatic N) is 1. The summed E-state index contributed by atoms with van der Waals surface area (Å²) in [5.74, 6) is 10.5. The summed E-state index contributed by atoms with van der Waals surface area (Å²) >= 11 is 0. The van der Waals surface area contributed by atoms with Gasteiger partial charge in [-0.3, -0.25) is 16.3 Å². The lowest BCUT2D eigenvalue weighted by Gasteiger charge is -2.21. The van der Waals surface area contributed by atoms with Crippen LogP contribution in [0.5, 0.6) is 0 Å². The van der Waals surface area contributed by atoms with Crippen LogP contribution in [0.15, 0.2) is 36.7 Å². The topological polar surface area (TPSA) is 50.9 Å². The van der Waals surface area contributed by atoms with Crippen LogP contribution in [0, 0.1) is 29.6 Å². The molecule has 2 aromatic rings. The van der Waals surface area contributed by atoms with E-state index in [-0.39, 0.29) is 6.04 Å². The van der Waals surface area contributed by atoms with E-state index >= 15 is 0 Å². The number of rotatable bonds is 3. The van der Waals surface area contributed by atoms with E-state index in [0.717, 1.165) is 29.6 Å². The molecule has 3 N–H and O–H groups in total. The summed E-state index contributed by atoms with van der Waals surface area (Å²) in [5, 5.41) is 2.51. The number of aromatic nitrogens is 1. The Morgan fingerprint density at radius 1 is 1.10 bits per heavy atom. The van der Waals surface area contributed by atoms with Crippen LogP contribution in [0.4, 0.5) is 0 Å². The fourth-order valence-electron chi connectivity index (χ4n) is 5.63. The Hall–Kier alpha value is -1.45. The molecule has 0 radical (unpaired) electrons. The Balaban J connectivity index is 1.56. The molecule has 1 aromatic carbocycles. The van der Waals surface area contributed by atoms with Gasteiger partial charge in [0.05, 0.1) is 6.04 Å². The second kappa shape index (κ2) is 4.28. The quantitative estimate of drug-likeness (QED) is 0.670. The van der Waals surface area contributed by atoms with E-state index < -0.39 is 0 Å². The molecule has 3 saturated carbocycles. The van der Waals surface area contributed by atoms with Gasteiger partial charge in [-0.1, -0.05) is 24.3 Å². The smallest absolute Gasteiger partial charge is 0.0515 e. The van der Waals surface area contributed by atoms with Gasteiger partial charge >= 0.3 is 0 Å². The first-order valence-corrected chi connectivity index (χ1v) is 8.17. The molecule has 0 spiro atoms. The van der Waals surface area contributed by atoms with Crippen molar-refractivity contribution in [2.45, 2.75) is 25.3 Å². The van der Waals surface area contributed by atoms with Gasteiger partial charge in [-0.05, 0) is 59.8 Å². The van der Waals surface area contributed by atoms with Crippen molar-refractivity contribution >= 4 is 10.8 Å². The number of hydrazine groups is 1. The number of pyridine rings is 1. The Morgan fingerprint density at radius 2 is 1.86 bits per heavy atom. The van der Waals surface area contributed by atoms with Crippen LogP contribution >= 0.6 is 0 Å². The molecular weight excluding hydrogens is 258 g/mol. The van der Waals surface area contributed by atoms with Crippen molar-refractivity contribution in [2.75, 3.05) is 0 Å². The normalized spacial score (nSPS) is 37.7. The standard InChI is InChI=1S/C18H21N3/c19-21-18(17-15-10-5-6-11(7-10)16(15)17)14-9-20-8-12-3-1-2-4-13(12)14/h1-4,8-11,15-18,21H,5-7,19H2. The van der Waals surface area contributed by atoms with Crippen molar-refractivity contribution in [3.63, 3.8) is 0 Å². The third kappa shape index (κ3) is 1.59. The van der Waals surface area contributed by atoms with E-state index in [9.17, 15) is 0 Å². The van der Waals surface area contributed by atoms with E-state index in [1.54, 1.807) is 0 Å². The van der Waals surface area contributed by atoms with Gasteiger partial charge in [0, 0.05) is 17.8 Å². The lowest BCUT2D eigenvalue weighted by Crippen LogP contribution is -2.31. The molecule has 5 unspecified atom stereocenters. The Bertz CT molecular complexity index is 676. The van der Waals surface area contributed by atoms with Gasteiger partial charge in [-0.25, -0.2) is 0 Å². The highest BCUT2D eigenvalue weighted by molar-refractivity contribution is 5.85. The average Bonchev–Trinajstić information content (AvgIpc) is 2.94. The maximum Gasteiger partial charge on any atom is 0.0515 e. The first-order valence-electron chi connectivity index (χ1n) is 8.17. The van der Waals surface area contributed by atoms with Gasteiger partial charge in [0.1, 0.15) is 0 Å². The number of nitrogens with two attached hydrogens (primary N) is 1. The first kappa shape index (κ1) is 12.1. The largest absolute Gasteiger partial charge is 0.271 e. The lowest BCUT2D eigenvalue weighted by atomic mass is 9.92. The molecule has 5 atom stereocenters. The molecule has 5 rings (SSSR count). The molecule has 0 aliphatic heterocycles. The zero-order valence-electron chi connectivity index (χ0n) is 12.1. The van der Waals surface area contributed by atoms with Crippen LogP contribution < -0.4 is 11.3 Å². The van der Waals surface area contributed by atoms with Crippen LogP contribution in [-0.2, 0) is 0 Å². The number of benzene rings is 1. The summed E-state index contributed by atoms with van der Waals surface area (Å²) in [6.45, 7) is 0. The summed E-state index contributed by atoms with van der Waals surface area (Å²) in [6, 6.07) is 8.78. The molecule has 1 heterocycles. The zero-order valence-corrected chi connectivity index (χ0v) is 12.1. The maximum absolute atomic E-state index is 5.97. The summed E-state index contributed by atoms with van der Waals surface area (Å²) < 4.78 is 0. The summed E-state index contributed by atoms with van der Waals surface area (Å²) in [6.07, 6.45) is 8.35. The molecule has 108 valence electrons. The van der Waals surface area contributed by atoms with E-state index in [1.807, 2.05) is 12.4 Å². The first-order chi connectivity index (χ1) is 10.4. The Labute approximate surface area is 124 Å². The van der Waals surface area contributed by atoms with Crippen molar-refractivity contribution in [1.82, 2.24) is 10.4 Å². The molecule has 3 heteroatoms. The minimum atomic E-state index is 0.266.